The SMILES string of the molecule is CNC(=O)CC1CCN(Cc2[nH]c3ccc(C)cc3c2C)C1. The summed E-state index contributed by atoms with van der Waals surface area (Å²) in [6.07, 6.45) is 1.77. The Balaban J connectivity index is 1.69. The minimum atomic E-state index is 0.157. The Morgan fingerprint density at radius 1 is 1.41 bits per heavy atom. The molecule has 0 radical (unpaired) electrons. The lowest BCUT2D eigenvalue weighted by atomic mass is 10.0. The molecule has 1 atom stereocenters. The minimum Gasteiger partial charge on any atom is -0.359 e. The van der Waals surface area contributed by atoms with Crippen molar-refractivity contribution in [3.05, 3.63) is 35.0 Å². The van der Waals surface area contributed by atoms with E-state index in [9.17, 15) is 4.79 Å². The maximum Gasteiger partial charge on any atom is 0.220 e. The summed E-state index contributed by atoms with van der Waals surface area (Å²) in [6.45, 7) is 7.38. The number of benzene rings is 1. The number of H-pyrrole nitrogens is 1. The van der Waals surface area contributed by atoms with E-state index in [1.807, 2.05) is 0 Å². The summed E-state index contributed by atoms with van der Waals surface area (Å²) in [4.78, 5) is 17.5. The van der Waals surface area contributed by atoms with E-state index in [4.69, 9.17) is 0 Å². The van der Waals surface area contributed by atoms with Gasteiger partial charge in [-0.3, -0.25) is 9.69 Å². The summed E-state index contributed by atoms with van der Waals surface area (Å²) in [5.74, 6) is 0.649. The summed E-state index contributed by atoms with van der Waals surface area (Å²) >= 11 is 0. The highest BCUT2D eigenvalue weighted by Crippen LogP contribution is 2.26. The third-order valence-electron chi connectivity index (χ3n) is 4.82. The van der Waals surface area contributed by atoms with Gasteiger partial charge in [0.05, 0.1) is 0 Å². The summed E-state index contributed by atoms with van der Waals surface area (Å²) in [7, 11) is 1.71. The zero-order valence-electron chi connectivity index (χ0n) is 13.7. The van der Waals surface area contributed by atoms with Gasteiger partial charge in [-0.2, -0.15) is 0 Å². The molecule has 118 valence electrons. The number of nitrogens with one attached hydrogen (secondary N) is 2. The van der Waals surface area contributed by atoms with Crippen molar-refractivity contribution in [1.29, 1.82) is 0 Å². The molecule has 3 rings (SSSR count). The fraction of sp³-hybridized carbons (Fsp3) is 0.500. The first-order valence-electron chi connectivity index (χ1n) is 8.07. The predicted octanol–water partition coefficient (Wildman–Crippen LogP) is 2.74. The van der Waals surface area contributed by atoms with Crippen molar-refractivity contribution in [2.45, 2.75) is 33.2 Å². The molecule has 1 aliphatic rings. The highest BCUT2D eigenvalue weighted by atomic mass is 16.1. The highest BCUT2D eigenvalue weighted by Gasteiger charge is 2.25. The van der Waals surface area contributed by atoms with Crippen LogP contribution in [0.2, 0.25) is 0 Å². The summed E-state index contributed by atoms with van der Waals surface area (Å²) in [6, 6.07) is 6.57. The van der Waals surface area contributed by atoms with Gasteiger partial charge in [-0.1, -0.05) is 11.6 Å². The molecular weight excluding hydrogens is 274 g/mol. The molecule has 1 aromatic carbocycles. The van der Waals surface area contributed by atoms with Crippen LogP contribution in [0.1, 0.15) is 29.7 Å². The molecule has 0 saturated carbocycles. The van der Waals surface area contributed by atoms with E-state index < -0.39 is 0 Å². The Labute approximate surface area is 131 Å². The van der Waals surface area contributed by atoms with Crippen LogP contribution in [-0.2, 0) is 11.3 Å². The lowest BCUT2D eigenvalue weighted by molar-refractivity contribution is -0.121. The summed E-state index contributed by atoms with van der Waals surface area (Å²) in [5.41, 5.74) is 5.18. The number of rotatable bonds is 4. The van der Waals surface area contributed by atoms with Gasteiger partial charge < -0.3 is 10.3 Å². The van der Waals surface area contributed by atoms with Crippen molar-refractivity contribution in [1.82, 2.24) is 15.2 Å². The molecule has 1 unspecified atom stereocenters. The van der Waals surface area contributed by atoms with Crippen molar-refractivity contribution in [3.63, 3.8) is 0 Å². The fourth-order valence-corrected chi connectivity index (χ4v) is 3.47. The van der Waals surface area contributed by atoms with Crippen molar-refractivity contribution in [3.8, 4) is 0 Å². The molecule has 0 spiro atoms. The van der Waals surface area contributed by atoms with Gasteiger partial charge >= 0.3 is 0 Å². The topological polar surface area (TPSA) is 48.1 Å². The van der Waals surface area contributed by atoms with Crippen LogP contribution in [0.15, 0.2) is 18.2 Å². The van der Waals surface area contributed by atoms with Crippen molar-refractivity contribution in [2.24, 2.45) is 5.92 Å². The van der Waals surface area contributed by atoms with Gasteiger partial charge in [0.25, 0.3) is 0 Å². The van der Waals surface area contributed by atoms with Crippen LogP contribution in [-0.4, -0.2) is 35.9 Å². The van der Waals surface area contributed by atoms with E-state index in [0.29, 0.717) is 12.3 Å². The molecule has 0 bridgehead atoms. The number of amides is 1. The molecule has 2 aromatic rings. The second kappa shape index (κ2) is 6.13. The van der Waals surface area contributed by atoms with Gasteiger partial charge in [-0.05, 0) is 50.4 Å². The van der Waals surface area contributed by atoms with Crippen LogP contribution in [0.25, 0.3) is 10.9 Å². The minimum absolute atomic E-state index is 0.157. The van der Waals surface area contributed by atoms with E-state index in [2.05, 4.69) is 47.2 Å². The van der Waals surface area contributed by atoms with E-state index in [1.165, 1.54) is 27.7 Å². The van der Waals surface area contributed by atoms with Crippen molar-refractivity contribution in [2.75, 3.05) is 20.1 Å². The first kappa shape index (κ1) is 15.1. The zero-order valence-corrected chi connectivity index (χ0v) is 13.7. The number of nitrogens with zero attached hydrogens (tertiary/aromatic N) is 1. The lowest BCUT2D eigenvalue weighted by Crippen LogP contribution is -2.24. The Morgan fingerprint density at radius 3 is 3.00 bits per heavy atom. The van der Waals surface area contributed by atoms with E-state index in [1.54, 1.807) is 7.05 Å². The molecule has 22 heavy (non-hydrogen) atoms. The van der Waals surface area contributed by atoms with Gasteiger partial charge in [-0.15, -0.1) is 0 Å². The molecule has 0 aliphatic carbocycles. The Kier molecular flexibility index (Phi) is 4.21. The molecule has 1 aromatic heterocycles. The number of hydrogen-bond acceptors (Lipinski definition) is 2. The number of hydrogen-bond donors (Lipinski definition) is 2. The molecule has 1 aliphatic heterocycles. The monoisotopic (exact) mass is 299 g/mol. The molecule has 2 N–H and O–H groups in total. The van der Waals surface area contributed by atoms with Crippen LogP contribution in [0, 0.1) is 19.8 Å². The number of aromatic amines is 1. The standard InChI is InChI=1S/C18H25N3O/c1-12-4-5-16-15(8-12)13(2)17(20-16)11-21-7-6-14(10-21)9-18(22)19-3/h4-5,8,14,20H,6-7,9-11H2,1-3H3,(H,19,22). The molecule has 1 fully saturated rings. The zero-order chi connectivity index (χ0) is 15.7. The van der Waals surface area contributed by atoms with Crippen LogP contribution in [0.4, 0.5) is 0 Å². The highest BCUT2D eigenvalue weighted by molar-refractivity contribution is 5.85. The van der Waals surface area contributed by atoms with Crippen molar-refractivity contribution >= 4 is 16.8 Å². The van der Waals surface area contributed by atoms with Crippen LogP contribution in [0.5, 0.6) is 0 Å². The van der Waals surface area contributed by atoms with Gasteiger partial charge in [0.1, 0.15) is 0 Å². The first-order valence-corrected chi connectivity index (χ1v) is 8.07. The average molecular weight is 299 g/mol. The number of carbonyl (C=O) groups excluding carboxylic acids is 1. The third-order valence-corrected chi connectivity index (χ3v) is 4.82. The lowest BCUT2D eigenvalue weighted by Gasteiger charge is -2.15. The van der Waals surface area contributed by atoms with Gasteiger partial charge in [0.15, 0.2) is 0 Å². The first-order chi connectivity index (χ1) is 10.6. The average Bonchev–Trinajstić information content (AvgIpc) is 3.05. The van der Waals surface area contributed by atoms with Crippen LogP contribution < -0.4 is 5.32 Å². The predicted molar refractivity (Wildman–Crippen MR) is 89.8 cm³/mol. The fourth-order valence-electron chi connectivity index (χ4n) is 3.47. The second-order valence-corrected chi connectivity index (χ2v) is 6.54. The normalized spacial score (nSPS) is 19.0. The third kappa shape index (κ3) is 3.02. The van der Waals surface area contributed by atoms with E-state index >= 15 is 0 Å². The summed E-state index contributed by atoms with van der Waals surface area (Å²) in [5, 5.41) is 4.05. The Bertz CT molecular complexity index is 689. The van der Waals surface area contributed by atoms with Crippen LogP contribution in [0.3, 0.4) is 0 Å². The maximum absolute atomic E-state index is 11.5. The van der Waals surface area contributed by atoms with Crippen LogP contribution >= 0.6 is 0 Å². The largest absolute Gasteiger partial charge is 0.359 e. The molecule has 4 nitrogen and oxygen atoms in total. The number of fused-ring (bicyclic) bond motifs is 1. The van der Waals surface area contributed by atoms with Gasteiger partial charge in [-0.25, -0.2) is 0 Å². The van der Waals surface area contributed by atoms with Gasteiger partial charge in [0.2, 0.25) is 5.91 Å². The Hall–Kier alpha value is -1.81. The number of carbonyl (C=O) groups is 1. The number of aryl methyl sites for hydroxylation is 2. The molecule has 1 amide bonds. The second-order valence-electron chi connectivity index (χ2n) is 6.54. The molecular formula is C18H25N3O. The number of aromatic nitrogens is 1. The quantitative estimate of drug-likeness (QED) is 0.912. The smallest absolute Gasteiger partial charge is 0.220 e. The molecule has 1 saturated heterocycles. The molecule has 2 heterocycles. The summed E-state index contributed by atoms with van der Waals surface area (Å²) < 4.78 is 0. The van der Waals surface area contributed by atoms with Crippen molar-refractivity contribution < 1.29 is 4.79 Å². The maximum atomic E-state index is 11.5. The number of likely N-dealkylation sites (tertiary alicyclic amines) is 1. The van der Waals surface area contributed by atoms with Gasteiger partial charge in [0, 0.05) is 43.2 Å². The Morgan fingerprint density at radius 2 is 2.23 bits per heavy atom. The molecule has 4 heteroatoms. The van der Waals surface area contributed by atoms with E-state index in [0.717, 1.165) is 26.1 Å². The van der Waals surface area contributed by atoms with E-state index in [-0.39, 0.29) is 5.91 Å².